The first kappa shape index (κ1) is 21.4. The zero-order chi connectivity index (χ0) is 23.4. The van der Waals surface area contributed by atoms with Crippen LogP contribution in [0.4, 0.5) is 0 Å². The molecule has 0 spiro atoms. The molecule has 0 amide bonds. The Labute approximate surface area is 199 Å². The molecule has 6 heteroatoms. The molecule has 0 saturated carbocycles. The van der Waals surface area contributed by atoms with Gasteiger partial charge >= 0.3 is 0 Å². The molecule has 3 heterocycles. The van der Waals surface area contributed by atoms with Crippen LogP contribution >= 0.6 is 0 Å². The van der Waals surface area contributed by atoms with Gasteiger partial charge in [0.15, 0.2) is 5.78 Å². The van der Waals surface area contributed by atoms with E-state index < -0.39 is 0 Å². The minimum absolute atomic E-state index is 0.0270. The van der Waals surface area contributed by atoms with Gasteiger partial charge in [-0.2, -0.15) is 5.26 Å². The average molecular weight is 456 g/mol. The first-order chi connectivity index (χ1) is 16.5. The van der Waals surface area contributed by atoms with Crippen LogP contribution in [0.1, 0.15) is 59.4 Å². The maximum atomic E-state index is 13.5. The second-order valence-corrected chi connectivity index (χ2v) is 10.4. The monoisotopic (exact) mass is 455 g/mol. The number of benzene rings is 2. The predicted octanol–water partition coefficient (Wildman–Crippen LogP) is 4.40. The molecular weight excluding hydrogens is 426 g/mol. The largest absolute Gasteiger partial charge is 0.493 e. The highest BCUT2D eigenvalue weighted by Crippen LogP contribution is 2.44. The molecule has 2 aliphatic heterocycles. The number of carbonyl (C=O) groups is 1. The van der Waals surface area contributed by atoms with Crippen LogP contribution in [-0.4, -0.2) is 54.6 Å². The van der Waals surface area contributed by atoms with E-state index >= 15 is 0 Å². The topological polar surface area (TPSA) is 78.3 Å². The van der Waals surface area contributed by atoms with Crippen LogP contribution < -0.4 is 4.74 Å². The third kappa shape index (κ3) is 3.34. The second kappa shape index (κ2) is 7.97. The van der Waals surface area contributed by atoms with Gasteiger partial charge in [-0.05, 0) is 67.7 Å². The molecule has 1 aromatic heterocycles. The van der Waals surface area contributed by atoms with E-state index in [4.69, 9.17) is 9.47 Å². The number of aromatic nitrogens is 1. The van der Waals surface area contributed by atoms with E-state index in [1.807, 2.05) is 30.3 Å². The molecule has 2 aromatic carbocycles. The first-order valence-corrected chi connectivity index (χ1v) is 12.2. The summed E-state index contributed by atoms with van der Waals surface area (Å²) in [5.74, 6) is 1.40. The van der Waals surface area contributed by atoms with Crippen LogP contribution in [0, 0.1) is 17.2 Å². The van der Waals surface area contributed by atoms with Crippen LogP contribution in [0.5, 0.6) is 5.75 Å². The van der Waals surface area contributed by atoms with E-state index in [2.05, 4.69) is 29.8 Å². The lowest BCUT2D eigenvalue weighted by Gasteiger charge is -2.41. The number of ketones is 1. The molecule has 0 radical (unpaired) electrons. The molecule has 3 aliphatic rings. The highest BCUT2D eigenvalue weighted by molar-refractivity contribution is 6.20. The van der Waals surface area contributed by atoms with Gasteiger partial charge in [-0.1, -0.05) is 19.9 Å². The van der Waals surface area contributed by atoms with E-state index in [-0.39, 0.29) is 11.2 Å². The number of carbonyl (C=O) groups excluding carboxylic acids is 1. The number of nitriles is 1. The number of H-pyrrole nitrogens is 1. The van der Waals surface area contributed by atoms with E-state index in [0.717, 1.165) is 72.6 Å². The number of ether oxygens (including phenoxy) is 2. The van der Waals surface area contributed by atoms with Crippen molar-refractivity contribution in [1.29, 1.82) is 5.26 Å². The number of hydrogen-bond acceptors (Lipinski definition) is 5. The van der Waals surface area contributed by atoms with Gasteiger partial charge in [0.2, 0.25) is 0 Å². The first-order valence-electron chi connectivity index (χ1n) is 12.2. The van der Waals surface area contributed by atoms with Crippen molar-refractivity contribution in [2.24, 2.45) is 5.92 Å². The van der Waals surface area contributed by atoms with E-state index in [0.29, 0.717) is 29.7 Å². The van der Waals surface area contributed by atoms with Crippen molar-refractivity contribution in [3.8, 4) is 11.8 Å². The minimum atomic E-state index is -0.389. The van der Waals surface area contributed by atoms with Gasteiger partial charge in [-0.3, -0.25) is 9.69 Å². The summed E-state index contributed by atoms with van der Waals surface area (Å²) < 4.78 is 11.6. The lowest BCUT2D eigenvalue weighted by atomic mass is 9.71. The number of nitrogens with zero attached hydrogens (tertiary/aromatic N) is 2. The van der Waals surface area contributed by atoms with Gasteiger partial charge in [-0.25, -0.2) is 0 Å². The van der Waals surface area contributed by atoms with Crippen LogP contribution in [0.3, 0.4) is 0 Å². The molecule has 0 bridgehead atoms. The molecule has 0 atom stereocenters. The standard InChI is InChI=1S/C28H29N3O3/c1-28(2)23-12-20(34-14-17-7-9-31(10-8-17)19-15-33-16-19)4-6-21(23)26(32)25-22-5-3-18(13-29)11-24(22)30-27(25)28/h3-6,11-12,17,19,30H,7-10,14-16H2,1-2H3. The number of fused-ring (bicyclic) bond motifs is 4. The number of nitrogens with one attached hydrogen (secondary N) is 1. The molecule has 0 unspecified atom stereocenters. The number of aromatic amines is 1. The van der Waals surface area contributed by atoms with Crippen LogP contribution in [-0.2, 0) is 10.2 Å². The van der Waals surface area contributed by atoms with Crippen molar-refractivity contribution in [2.45, 2.75) is 38.1 Å². The van der Waals surface area contributed by atoms with Crippen molar-refractivity contribution in [3.05, 3.63) is 64.3 Å². The highest BCUT2D eigenvalue weighted by Gasteiger charge is 2.40. The third-order valence-corrected chi connectivity index (χ3v) is 7.96. The molecule has 174 valence electrons. The molecule has 6 nitrogen and oxygen atoms in total. The summed E-state index contributed by atoms with van der Waals surface area (Å²) in [7, 11) is 0. The molecule has 34 heavy (non-hydrogen) atoms. The van der Waals surface area contributed by atoms with Gasteiger partial charge in [0.25, 0.3) is 0 Å². The maximum absolute atomic E-state index is 13.5. The Hall–Kier alpha value is -3.14. The van der Waals surface area contributed by atoms with Crippen LogP contribution in [0.15, 0.2) is 36.4 Å². The Bertz CT molecular complexity index is 1320. The molecule has 2 saturated heterocycles. The minimum Gasteiger partial charge on any atom is -0.493 e. The summed E-state index contributed by atoms with van der Waals surface area (Å²) in [6, 6.07) is 14.2. The Kier molecular flexibility index (Phi) is 5.02. The second-order valence-electron chi connectivity index (χ2n) is 10.4. The molecule has 1 aliphatic carbocycles. The summed E-state index contributed by atoms with van der Waals surface area (Å²) in [6.07, 6.45) is 2.29. The molecular formula is C28H29N3O3. The number of piperidine rings is 1. The Morgan fingerprint density at radius 2 is 1.97 bits per heavy atom. The normalized spacial score (nSPS) is 20.4. The van der Waals surface area contributed by atoms with Crippen molar-refractivity contribution >= 4 is 16.7 Å². The van der Waals surface area contributed by atoms with Gasteiger partial charge in [0.1, 0.15) is 5.75 Å². The average Bonchev–Trinajstić information content (AvgIpc) is 3.21. The Morgan fingerprint density at radius 1 is 1.18 bits per heavy atom. The maximum Gasteiger partial charge on any atom is 0.195 e. The smallest absolute Gasteiger partial charge is 0.195 e. The zero-order valence-electron chi connectivity index (χ0n) is 19.7. The van der Waals surface area contributed by atoms with E-state index in [1.54, 1.807) is 6.07 Å². The van der Waals surface area contributed by atoms with Gasteiger partial charge < -0.3 is 14.5 Å². The highest BCUT2D eigenvalue weighted by atomic mass is 16.5. The fraction of sp³-hybridized carbons (Fsp3) is 0.429. The van der Waals surface area contributed by atoms with Gasteiger partial charge in [0.05, 0.1) is 43.1 Å². The van der Waals surface area contributed by atoms with Crippen molar-refractivity contribution in [3.63, 3.8) is 0 Å². The number of rotatable bonds is 4. The third-order valence-electron chi connectivity index (χ3n) is 7.96. The van der Waals surface area contributed by atoms with E-state index in [1.165, 1.54) is 0 Å². The van der Waals surface area contributed by atoms with Gasteiger partial charge in [0, 0.05) is 27.6 Å². The lowest BCUT2D eigenvalue weighted by Crippen LogP contribution is -2.52. The zero-order valence-corrected chi connectivity index (χ0v) is 19.7. The van der Waals surface area contributed by atoms with Gasteiger partial charge in [-0.15, -0.1) is 0 Å². The lowest BCUT2D eigenvalue weighted by molar-refractivity contribution is -0.0750. The summed E-state index contributed by atoms with van der Waals surface area (Å²) in [5, 5.41) is 10.1. The van der Waals surface area contributed by atoms with Crippen molar-refractivity contribution in [1.82, 2.24) is 9.88 Å². The fourth-order valence-corrected chi connectivity index (χ4v) is 5.70. The molecule has 3 aromatic rings. The summed E-state index contributed by atoms with van der Waals surface area (Å²) >= 11 is 0. The molecule has 1 N–H and O–H groups in total. The molecule has 6 rings (SSSR count). The Balaban J connectivity index is 1.23. The van der Waals surface area contributed by atoms with Crippen molar-refractivity contribution in [2.75, 3.05) is 32.9 Å². The Morgan fingerprint density at radius 3 is 2.68 bits per heavy atom. The summed E-state index contributed by atoms with van der Waals surface area (Å²) in [5.41, 5.74) is 4.35. The van der Waals surface area contributed by atoms with Crippen molar-refractivity contribution < 1.29 is 14.3 Å². The number of hydrogen-bond donors (Lipinski definition) is 1. The fourth-order valence-electron chi connectivity index (χ4n) is 5.70. The summed E-state index contributed by atoms with van der Waals surface area (Å²) in [4.78, 5) is 19.5. The predicted molar refractivity (Wildman–Crippen MR) is 129 cm³/mol. The number of likely N-dealkylation sites (tertiary alicyclic amines) is 1. The summed E-state index contributed by atoms with van der Waals surface area (Å²) in [6.45, 7) is 8.97. The van der Waals surface area contributed by atoms with E-state index in [9.17, 15) is 10.1 Å². The molecule has 2 fully saturated rings. The van der Waals surface area contributed by atoms with Crippen LogP contribution in [0.2, 0.25) is 0 Å². The van der Waals surface area contributed by atoms with Crippen LogP contribution in [0.25, 0.3) is 10.9 Å². The quantitative estimate of drug-likeness (QED) is 0.631. The SMILES string of the molecule is CC1(C)c2cc(OCC3CCN(C4COC4)CC3)ccc2C(=O)c2c1[nH]c1cc(C#N)ccc21.